The topological polar surface area (TPSA) is 12.9 Å². The number of aromatic nitrogens is 1. The van der Waals surface area contributed by atoms with Gasteiger partial charge >= 0.3 is 0 Å². The van der Waals surface area contributed by atoms with Crippen molar-refractivity contribution in [1.29, 1.82) is 0 Å². The predicted octanol–water partition coefficient (Wildman–Crippen LogP) is 4.61. The van der Waals surface area contributed by atoms with E-state index in [1.54, 1.807) is 18.2 Å². The first-order valence-electron chi connectivity index (χ1n) is 5.96. The largest absolute Gasteiger partial charge is 0.236 e. The highest BCUT2D eigenvalue weighted by Gasteiger charge is 2.19. The molecule has 1 heterocycles. The van der Waals surface area contributed by atoms with Crippen molar-refractivity contribution in [3.8, 4) is 0 Å². The number of fused-ring (bicyclic) bond motifs is 1. The molecule has 0 fully saturated rings. The van der Waals surface area contributed by atoms with E-state index in [0.29, 0.717) is 17.1 Å². The molecule has 3 heteroatoms. The predicted molar refractivity (Wildman–Crippen MR) is 77.3 cm³/mol. The van der Waals surface area contributed by atoms with Gasteiger partial charge in [0.15, 0.2) is 0 Å². The van der Waals surface area contributed by atoms with E-state index in [4.69, 9.17) is 11.6 Å². The Morgan fingerprint density at radius 1 is 1.26 bits per heavy atom. The molecule has 0 unspecified atom stereocenters. The molecule has 1 aliphatic rings. The van der Waals surface area contributed by atoms with E-state index in [-0.39, 0.29) is 5.82 Å². The summed E-state index contributed by atoms with van der Waals surface area (Å²) in [4.78, 5) is 4.34. The molecule has 0 spiro atoms. The van der Waals surface area contributed by atoms with E-state index in [1.807, 2.05) is 18.2 Å². The van der Waals surface area contributed by atoms with E-state index < -0.39 is 0 Å². The molecule has 1 aliphatic carbocycles. The Balaban J connectivity index is 2.12. The first kappa shape index (κ1) is 12.1. The molecule has 0 saturated carbocycles. The molecule has 0 bridgehead atoms. The molecule has 0 N–H and O–H groups in total. The number of nitrogens with zero attached hydrogens (tertiary/aromatic N) is 1. The molecule has 0 atom stereocenters. The van der Waals surface area contributed by atoms with Crippen LogP contribution in [0.15, 0.2) is 36.9 Å². The third-order valence-electron chi connectivity index (χ3n) is 3.26. The van der Waals surface area contributed by atoms with Gasteiger partial charge in [-0.1, -0.05) is 36.4 Å². The SMILES string of the molecule is C=Cc1ccc(Cl)nc1C1=Cc2c(F)cccc2C1. The van der Waals surface area contributed by atoms with Gasteiger partial charge in [0.25, 0.3) is 0 Å². The van der Waals surface area contributed by atoms with Gasteiger partial charge < -0.3 is 0 Å². The fourth-order valence-electron chi connectivity index (χ4n) is 2.35. The number of allylic oxidation sites excluding steroid dienone is 1. The number of hydrogen-bond donors (Lipinski definition) is 0. The molecular formula is C16H11ClFN. The minimum Gasteiger partial charge on any atom is -0.236 e. The van der Waals surface area contributed by atoms with Gasteiger partial charge in [-0.2, -0.15) is 0 Å². The zero-order valence-electron chi connectivity index (χ0n) is 10.2. The highest BCUT2D eigenvalue weighted by atomic mass is 35.5. The molecule has 0 radical (unpaired) electrons. The van der Waals surface area contributed by atoms with E-state index in [0.717, 1.165) is 22.4 Å². The Labute approximate surface area is 116 Å². The molecule has 0 amide bonds. The molecule has 19 heavy (non-hydrogen) atoms. The first-order chi connectivity index (χ1) is 9.19. The number of benzene rings is 1. The second kappa shape index (κ2) is 4.63. The molecular weight excluding hydrogens is 261 g/mol. The van der Waals surface area contributed by atoms with Crippen LogP contribution in [0.2, 0.25) is 5.15 Å². The number of pyridine rings is 1. The summed E-state index contributed by atoms with van der Waals surface area (Å²) in [5.41, 5.74) is 4.28. The van der Waals surface area contributed by atoms with Crippen molar-refractivity contribution in [3.05, 3.63) is 70.3 Å². The Morgan fingerprint density at radius 2 is 2.11 bits per heavy atom. The van der Waals surface area contributed by atoms with Crippen LogP contribution in [-0.4, -0.2) is 4.98 Å². The Hall–Kier alpha value is -1.93. The van der Waals surface area contributed by atoms with Crippen molar-refractivity contribution in [2.24, 2.45) is 0 Å². The molecule has 2 aromatic rings. The lowest BCUT2D eigenvalue weighted by molar-refractivity contribution is 0.624. The van der Waals surface area contributed by atoms with Gasteiger partial charge in [-0.25, -0.2) is 9.37 Å². The fourth-order valence-corrected chi connectivity index (χ4v) is 2.50. The van der Waals surface area contributed by atoms with E-state index in [1.165, 1.54) is 6.07 Å². The smallest absolute Gasteiger partial charge is 0.130 e. The minimum atomic E-state index is -0.199. The van der Waals surface area contributed by atoms with Gasteiger partial charge in [-0.05, 0) is 41.0 Å². The van der Waals surface area contributed by atoms with Crippen LogP contribution < -0.4 is 0 Å². The number of rotatable bonds is 2. The molecule has 3 rings (SSSR count). The summed E-state index contributed by atoms with van der Waals surface area (Å²) in [6.07, 6.45) is 4.25. The molecule has 94 valence electrons. The van der Waals surface area contributed by atoms with Crippen LogP contribution in [0.5, 0.6) is 0 Å². The zero-order valence-corrected chi connectivity index (χ0v) is 10.9. The van der Waals surface area contributed by atoms with Crippen molar-refractivity contribution in [2.75, 3.05) is 0 Å². The average Bonchev–Trinajstić information content (AvgIpc) is 2.84. The van der Waals surface area contributed by atoms with Gasteiger partial charge in [0, 0.05) is 12.0 Å². The lowest BCUT2D eigenvalue weighted by atomic mass is 10.0. The van der Waals surface area contributed by atoms with Gasteiger partial charge in [0.2, 0.25) is 0 Å². The fraction of sp³-hybridized carbons (Fsp3) is 0.0625. The zero-order chi connectivity index (χ0) is 13.4. The summed E-state index contributed by atoms with van der Waals surface area (Å²) >= 11 is 5.95. The molecule has 0 saturated heterocycles. The third kappa shape index (κ3) is 2.08. The molecule has 1 aromatic carbocycles. The molecule has 1 aromatic heterocycles. The summed E-state index contributed by atoms with van der Waals surface area (Å²) in [6, 6.07) is 8.73. The maximum Gasteiger partial charge on any atom is 0.130 e. The van der Waals surface area contributed by atoms with Crippen molar-refractivity contribution in [2.45, 2.75) is 6.42 Å². The second-order valence-corrected chi connectivity index (χ2v) is 4.82. The van der Waals surface area contributed by atoms with Crippen LogP contribution in [-0.2, 0) is 6.42 Å². The normalized spacial score (nSPS) is 13.1. The van der Waals surface area contributed by atoms with Crippen LogP contribution >= 0.6 is 11.6 Å². The van der Waals surface area contributed by atoms with Crippen LogP contribution in [0, 0.1) is 5.82 Å². The quantitative estimate of drug-likeness (QED) is 0.727. The summed E-state index contributed by atoms with van der Waals surface area (Å²) in [5.74, 6) is -0.199. The van der Waals surface area contributed by atoms with Gasteiger partial charge in [-0.15, -0.1) is 0 Å². The van der Waals surface area contributed by atoms with Gasteiger partial charge in [-0.3, -0.25) is 0 Å². The monoisotopic (exact) mass is 271 g/mol. The highest BCUT2D eigenvalue weighted by Crippen LogP contribution is 2.34. The van der Waals surface area contributed by atoms with Crippen molar-refractivity contribution < 1.29 is 4.39 Å². The molecule has 1 nitrogen and oxygen atoms in total. The van der Waals surface area contributed by atoms with E-state index in [2.05, 4.69) is 11.6 Å². The summed E-state index contributed by atoms with van der Waals surface area (Å²) in [6.45, 7) is 3.77. The van der Waals surface area contributed by atoms with Crippen molar-refractivity contribution in [1.82, 2.24) is 4.98 Å². The minimum absolute atomic E-state index is 0.199. The lowest BCUT2D eigenvalue weighted by Crippen LogP contribution is -1.94. The summed E-state index contributed by atoms with van der Waals surface area (Å²) in [5, 5.41) is 0.429. The Bertz CT molecular complexity index is 704. The maximum atomic E-state index is 13.7. The van der Waals surface area contributed by atoms with Crippen LogP contribution in [0.4, 0.5) is 4.39 Å². The van der Waals surface area contributed by atoms with Gasteiger partial charge in [0.1, 0.15) is 11.0 Å². The van der Waals surface area contributed by atoms with E-state index >= 15 is 0 Å². The van der Waals surface area contributed by atoms with Crippen LogP contribution in [0.3, 0.4) is 0 Å². The average molecular weight is 272 g/mol. The summed E-state index contributed by atoms with van der Waals surface area (Å²) in [7, 11) is 0. The maximum absolute atomic E-state index is 13.7. The van der Waals surface area contributed by atoms with Crippen molar-refractivity contribution in [3.63, 3.8) is 0 Å². The first-order valence-corrected chi connectivity index (χ1v) is 6.34. The standard InChI is InChI=1S/C16H11ClFN/c1-2-10-6-7-15(17)19-16(10)12-8-11-4-3-5-14(18)13(11)9-12/h2-7,9H,1,8H2. The summed E-state index contributed by atoms with van der Waals surface area (Å²) < 4.78 is 13.7. The third-order valence-corrected chi connectivity index (χ3v) is 3.47. The van der Waals surface area contributed by atoms with Crippen LogP contribution in [0.25, 0.3) is 17.7 Å². The highest BCUT2D eigenvalue weighted by molar-refractivity contribution is 6.29. The Morgan fingerprint density at radius 3 is 2.84 bits per heavy atom. The van der Waals surface area contributed by atoms with Crippen molar-refractivity contribution >= 4 is 29.3 Å². The Kier molecular flexibility index (Phi) is 2.96. The lowest BCUT2D eigenvalue weighted by Gasteiger charge is -2.06. The van der Waals surface area contributed by atoms with Gasteiger partial charge in [0.05, 0.1) is 5.69 Å². The second-order valence-electron chi connectivity index (χ2n) is 4.43. The van der Waals surface area contributed by atoms with Crippen LogP contribution in [0.1, 0.15) is 22.4 Å². The number of halogens is 2. The molecule has 0 aliphatic heterocycles. The number of hydrogen-bond acceptors (Lipinski definition) is 1. The van der Waals surface area contributed by atoms with E-state index in [9.17, 15) is 4.39 Å².